The topological polar surface area (TPSA) is 94.2 Å². The molecule has 0 fully saturated rings. The number of thiophene rings is 1. The van der Waals surface area contributed by atoms with Gasteiger partial charge < -0.3 is 15.6 Å². The number of hydrogen-bond acceptors (Lipinski definition) is 4. The van der Waals surface area contributed by atoms with Gasteiger partial charge in [-0.15, -0.1) is 11.3 Å². The third-order valence-corrected chi connectivity index (χ3v) is 5.21. The van der Waals surface area contributed by atoms with Gasteiger partial charge in [0.15, 0.2) is 0 Å². The summed E-state index contributed by atoms with van der Waals surface area (Å²) in [6, 6.07) is 12.3. The highest BCUT2D eigenvalue weighted by Crippen LogP contribution is 2.35. The lowest BCUT2D eigenvalue weighted by Crippen LogP contribution is -2.27. The number of carbonyl (C=O) groups is 2. The summed E-state index contributed by atoms with van der Waals surface area (Å²) in [7, 11) is 0. The molecule has 0 aliphatic rings. The van der Waals surface area contributed by atoms with Crippen LogP contribution >= 0.6 is 34.5 Å². The fraction of sp³-hybridized carbons (Fsp3) is 0.0556. The second-order valence-corrected chi connectivity index (χ2v) is 7.47. The van der Waals surface area contributed by atoms with Crippen molar-refractivity contribution in [3.05, 3.63) is 74.6 Å². The fourth-order valence-electron chi connectivity index (χ4n) is 2.41. The molecule has 0 aliphatic heterocycles. The van der Waals surface area contributed by atoms with E-state index in [-0.39, 0.29) is 22.2 Å². The number of halogens is 2. The van der Waals surface area contributed by atoms with Gasteiger partial charge in [0.25, 0.3) is 11.5 Å². The second kappa shape index (κ2) is 7.96. The number of rotatable bonds is 5. The molecule has 0 bridgehead atoms. The van der Waals surface area contributed by atoms with Gasteiger partial charge in [0.2, 0.25) is 5.91 Å². The molecule has 0 spiro atoms. The number of aromatic nitrogens is 1. The second-order valence-electron chi connectivity index (χ2n) is 5.57. The van der Waals surface area contributed by atoms with Crippen LogP contribution in [0.25, 0.3) is 10.4 Å². The molecule has 1 aromatic carbocycles. The van der Waals surface area contributed by atoms with Crippen LogP contribution in [0.2, 0.25) is 10.0 Å². The largest absolute Gasteiger partial charge is 0.366 e. The Hall–Kier alpha value is -2.61. The number of benzene rings is 1. The van der Waals surface area contributed by atoms with Gasteiger partial charge in [-0.25, -0.2) is 0 Å². The zero-order chi connectivity index (χ0) is 19.6. The molecule has 3 aromatic rings. The molecule has 0 saturated carbocycles. The van der Waals surface area contributed by atoms with Gasteiger partial charge in [-0.05, 0) is 17.7 Å². The van der Waals surface area contributed by atoms with Crippen molar-refractivity contribution in [3.63, 3.8) is 0 Å². The molecule has 6 nitrogen and oxygen atoms in total. The molecule has 0 radical (unpaired) electrons. The Morgan fingerprint density at radius 2 is 1.85 bits per heavy atom. The minimum atomic E-state index is -0.660. The summed E-state index contributed by atoms with van der Waals surface area (Å²) in [6.07, 6.45) is 1.31. The van der Waals surface area contributed by atoms with Gasteiger partial charge in [0.1, 0.15) is 16.6 Å². The van der Waals surface area contributed by atoms with Gasteiger partial charge in [-0.1, -0.05) is 53.5 Å². The van der Waals surface area contributed by atoms with Crippen molar-refractivity contribution in [2.45, 2.75) is 6.54 Å². The lowest BCUT2D eigenvalue weighted by molar-refractivity contribution is -0.116. The Balaban J connectivity index is 1.87. The highest BCUT2D eigenvalue weighted by atomic mass is 35.5. The highest BCUT2D eigenvalue weighted by Gasteiger charge is 2.17. The molecular formula is C18H13Cl2N3O3S. The number of amides is 2. The Kier molecular flexibility index (Phi) is 5.65. The zero-order valence-electron chi connectivity index (χ0n) is 13.7. The van der Waals surface area contributed by atoms with Gasteiger partial charge in [0.05, 0.1) is 10.6 Å². The molecular weight excluding hydrogens is 409 g/mol. The molecule has 0 saturated heterocycles. The first kappa shape index (κ1) is 19.2. The molecule has 2 aromatic heterocycles. The third kappa shape index (κ3) is 4.39. The van der Waals surface area contributed by atoms with E-state index in [0.717, 1.165) is 15.0 Å². The lowest BCUT2D eigenvalue weighted by Gasteiger charge is -2.08. The quantitative estimate of drug-likeness (QED) is 0.658. The first-order valence-electron chi connectivity index (χ1n) is 7.69. The summed E-state index contributed by atoms with van der Waals surface area (Å²) in [4.78, 5) is 36.9. The Morgan fingerprint density at radius 1 is 1.15 bits per heavy atom. The van der Waals surface area contributed by atoms with Crippen LogP contribution in [0.1, 0.15) is 10.4 Å². The number of hydrogen-bond donors (Lipinski definition) is 2. The van der Waals surface area contributed by atoms with Crippen molar-refractivity contribution in [1.29, 1.82) is 0 Å². The molecule has 2 amide bonds. The minimum absolute atomic E-state index is 0.0874. The molecule has 2 heterocycles. The normalized spacial score (nSPS) is 10.6. The molecule has 9 heteroatoms. The van der Waals surface area contributed by atoms with Crippen LogP contribution in [-0.4, -0.2) is 16.4 Å². The third-order valence-electron chi connectivity index (χ3n) is 3.63. The maximum Gasteiger partial charge on any atom is 0.269 e. The maximum absolute atomic E-state index is 12.4. The molecule has 0 unspecified atom stereocenters. The van der Waals surface area contributed by atoms with Crippen molar-refractivity contribution < 1.29 is 9.59 Å². The van der Waals surface area contributed by atoms with Crippen LogP contribution in [0.5, 0.6) is 0 Å². The summed E-state index contributed by atoms with van der Waals surface area (Å²) in [5.74, 6) is -1.17. The first-order chi connectivity index (χ1) is 12.8. The number of nitrogens with two attached hydrogens (primary N) is 1. The number of pyridine rings is 1. The predicted octanol–water partition coefficient (Wildman–Crippen LogP) is 3.62. The number of nitrogens with one attached hydrogen (secondary N) is 1. The Bertz CT molecular complexity index is 1080. The van der Waals surface area contributed by atoms with Crippen LogP contribution in [0.3, 0.4) is 0 Å². The number of anilines is 1. The van der Waals surface area contributed by atoms with Crippen LogP contribution in [0, 0.1) is 0 Å². The summed E-state index contributed by atoms with van der Waals surface area (Å²) >= 11 is 12.9. The number of carbonyl (C=O) groups excluding carboxylic acids is 2. The summed E-state index contributed by atoms with van der Waals surface area (Å²) in [5, 5.41) is 3.08. The van der Waals surface area contributed by atoms with Crippen LogP contribution in [-0.2, 0) is 11.3 Å². The van der Waals surface area contributed by atoms with E-state index in [0.29, 0.717) is 5.00 Å². The average Bonchev–Trinajstić information content (AvgIpc) is 3.04. The van der Waals surface area contributed by atoms with Crippen molar-refractivity contribution in [3.8, 4) is 10.4 Å². The average molecular weight is 422 g/mol. The number of primary amides is 1. The Labute approximate surface area is 168 Å². The van der Waals surface area contributed by atoms with E-state index < -0.39 is 17.4 Å². The number of nitrogens with zero attached hydrogens (tertiary/aromatic N) is 1. The van der Waals surface area contributed by atoms with E-state index in [2.05, 4.69) is 5.32 Å². The van der Waals surface area contributed by atoms with Crippen LogP contribution < -0.4 is 16.6 Å². The molecule has 0 atom stereocenters. The van der Waals surface area contributed by atoms with E-state index in [1.54, 1.807) is 6.07 Å². The fourth-order valence-corrected chi connectivity index (χ4v) is 4.01. The van der Waals surface area contributed by atoms with Crippen molar-refractivity contribution in [2.24, 2.45) is 5.73 Å². The van der Waals surface area contributed by atoms with E-state index in [4.69, 9.17) is 28.9 Å². The smallest absolute Gasteiger partial charge is 0.269 e. The lowest BCUT2D eigenvalue weighted by atomic mass is 10.1. The molecule has 0 aliphatic carbocycles. The standard InChI is InChI=1S/C18H13Cl2N3O3S/c19-11-6-13(20)18(26)23(8-11)9-15(24)22-17-12(16(21)25)7-14(27-17)10-4-2-1-3-5-10/h1-8H,9H2,(H2,21,25)(H,22,24). The first-order valence-corrected chi connectivity index (χ1v) is 9.27. The van der Waals surface area contributed by atoms with E-state index in [9.17, 15) is 14.4 Å². The Morgan fingerprint density at radius 3 is 2.52 bits per heavy atom. The van der Waals surface area contributed by atoms with Crippen molar-refractivity contribution in [2.75, 3.05) is 5.32 Å². The van der Waals surface area contributed by atoms with Gasteiger partial charge in [0, 0.05) is 11.1 Å². The molecule has 27 heavy (non-hydrogen) atoms. The van der Waals surface area contributed by atoms with Crippen LogP contribution in [0.15, 0.2) is 53.5 Å². The molecule has 3 N–H and O–H groups in total. The summed E-state index contributed by atoms with van der Waals surface area (Å²) in [5.41, 5.74) is 5.97. The summed E-state index contributed by atoms with van der Waals surface area (Å²) in [6.45, 7) is -0.310. The monoisotopic (exact) mass is 421 g/mol. The maximum atomic E-state index is 12.4. The molecule has 138 valence electrons. The van der Waals surface area contributed by atoms with Crippen molar-refractivity contribution >= 4 is 51.4 Å². The van der Waals surface area contributed by atoms with Gasteiger partial charge >= 0.3 is 0 Å². The van der Waals surface area contributed by atoms with Crippen molar-refractivity contribution in [1.82, 2.24) is 4.57 Å². The zero-order valence-corrected chi connectivity index (χ0v) is 16.1. The van der Waals surface area contributed by atoms with E-state index >= 15 is 0 Å². The minimum Gasteiger partial charge on any atom is -0.366 e. The predicted molar refractivity (Wildman–Crippen MR) is 108 cm³/mol. The van der Waals surface area contributed by atoms with E-state index in [1.807, 2.05) is 30.3 Å². The molecule has 3 rings (SSSR count). The highest BCUT2D eigenvalue weighted by molar-refractivity contribution is 7.20. The van der Waals surface area contributed by atoms with Gasteiger partial charge in [-0.3, -0.25) is 14.4 Å². The van der Waals surface area contributed by atoms with E-state index in [1.165, 1.54) is 23.6 Å². The van der Waals surface area contributed by atoms with Crippen LogP contribution in [0.4, 0.5) is 5.00 Å². The SMILES string of the molecule is NC(=O)c1cc(-c2ccccc2)sc1NC(=O)Cn1cc(Cl)cc(Cl)c1=O. The van der Waals surface area contributed by atoms with Gasteiger partial charge in [-0.2, -0.15) is 0 Å². The summed E-state index contributed by atoms with van der Waals surface area (Å²) < 4.78 is 1.09.